The molecule has 0 saturated carbocycles. The maximum absolute atomic E-state index is 11.8. The van der Waals surface area contributed by atoms with Gasteiger partial charge in [0.15, 0.2) is 0 Å². The predicted molar refractivity (Wildman–Crippen MR) is 85.2 cm³/mol. The molecule has 0 bridgehead atoms. The zero-order valence-corrected chi connectivity index (χ0v) is 12.2. The molecular weight excluding hydrogens is 280 g/mol. The molecule has 0 spiro atoms. The van der Waals surface area contributed by atoms with Crippen molar-refractivity contribution < 1.29 is 9.72 Å². The highest BCUT2D eigenvalue weighted by molar-refractivity contribution is 5.92. The molecule has 112 valence electrons. The lowest BCUT2D eigenvalue weighted by Gasteiger charge is -2.05. The Kier molecular flexibility index (Phi) is 5.03. The molecule has 5 heteroatoms. The number of benzene rings is 2. The smallest absolute Gasteiger partial charge is 0.276 e. The first-order chi connectivity index (χ1) is 10.6. The number of aryl methyl sites for hydroxylation is 1. The number of nitro benzene ring substituents is 1. The highest BCUT2D eigenvalue weighted by Crippen LogP contribution is 2.18. The van der Waals surface area contributed by atoms with Crippen molar-refractivity contribution in [2.24, 2.45) is 0 Å². The zero-order chi connectivity index (χ0) is 15.9. The Labute approximate surface area is 128 Å². The number of para-hydroxylation sites is 1. The first-order valence-corrected chi connectivity index (χ1v) is 6.82. The van der Waals surface area contributed by atoms with Crippen molar-refractivity contribution in [2.75, 3.05) is 0 Å². The van der Waals surface area contributed by atoms with Gasteiger partial charge >= 0.3 is 0 Å². The minimum Gasteiger partial charge on any atom is -0.348 e. The average Bonchev–Trinajstić information content (AvgIpc) is 2.52. The predicted octanol–water partition coefficient (Wildman–Crippen LogP) is 3.23. The zero-order valence-electron chi connectivity index (χ0n) is 12.2. The molecule has 22 heavy (non-hydrogen) atoms. The second-order valence-corrected chi connectivity index (χ2v) is 4.79. The Hall–Kier alpha value is -2.95. The summed E-state index contributed by atoms with van der Waals surface area (Å²) in [6.45, 7) is 2.40. The molecule has 5 nitrogen and oxygen atoms in total. The number of nitrogens with one attached hydrogen (secondary N) is 1. The van der Waals surface area contributed by atoms with Crippen molar-refractivity contribution in [1.82, 2.24) is 5.32 Å². The van der Waals surface area contributed by atoms with E-state index in [4.69, 9.17) is 0 Å². The first-order valence-electron chi connectivity index (χ1n) is 6.82. The Morgan fingerprint density at radius 1 is 1.18 bits per heavy atom. The van der Waals surface area contributed by atoms with Crippen molar-refractivity contribution >= 4 is 17.7 Å². The molecule has 0 heterocycles. The molecule has 2 aromatic carbocycles. The number of hydrogen-bond acceptors (Lipinski definition) is 3. The Morgan fingerprint density at radius 2 is 1.86 bits per heavy atom. The maximum Gasteiger partial charge on any atom is 0.276 e. The van der Waals surface area contributed by atoms with Crippen LogP contribution < -0.4 is 5.32 Å². The molecule has 0 aliphatic carbocycles. The molecule has 0 saturated heterocycles. The highest BCUT2D eigenvalue weighted by Gasteiger charge is 2.09. The molecule has 0 radical (unpaired) electrons. The van der Waals surface area contributed by atoms with Gasteiger partial charge in [-0.2, -0.15) is 0 Å². The quantitative estimate of drug-likeness (QED) is 0.523. The van der Waals surface area contributed by atoms with Gasteiger partial charge in [0.1, 0.15) is 0 Å². The Balaban J connectivity index is 2.01. The van der Waals surface area contributed by atoms with Gasteiger partial charge in [0.05, 0.1) is 10.5 Å². The van der Waals surface area contributed by atoms with E-state index in [1.165, 1.54) is 18.2 Å². The van der Waals surface area contributed by atoms with Crippen LogP contribution in [-0.4, -0.2) is 10.8 Å². The number of carbonyl (C=O) groups is 1. The molecule has 1 N–H and O–H groups in total. The summed E-state index contributed by atoms with van der Waals surface area (Å²) in [5.41, 5.74) is 2.52. The van der Waals surface area contributed by atoms with Gasteiger partial charge in [0.2, 0.25) is 5.91 Å². The van der Waals surface area contributed by atoms with Crippen LogP contribution in [0.3, 0.4) is 0 Å². The molecule has 2 aromatic rings. The second-order valence-electron chi connectivity index (χ2n) is 4.79. The van der Waals surface area contributed by atoms with Gasteiger partial charge in [0.25, 0.3) is 5.69 Å². The summed E-state index contributed by atoms with van der Waals surface area (Å²) >= 11 is 0. The van der Waals surface area contributed by atoms with E-state index in [1.54, 1.807) is 18.2 Å². The van der Waals surface area contributed by atoms with Crippen molar-refractivity contribution in [3.05, 3.63) is 81.4 Å². The highest BCUT2D eigenvalue weighted by atomic mass is 16.6. The van der Waals surface area contributed by atoms with Crippen LogP contribution in [0.15, 0.2) is 54.6 Å². The van der Waals surface area contributed by atoms with Gasteiger partial charge in [-0.05, 0) is 30.2 Å². The van der Waals surface area contributed by atoms with E-state index in [0.717, 1.165) is 11.1 Å². The normalized spacial score (nSPS) is 10.6. The van der Waals surface area contributed by atoms with E-state index in [0.29, 0.717) is 12.1 Å². The summed E-state index contributed by atoms with van der Waals surface area (Å²) < 4.78 is 0. The second kappa shape index (κ2) is 7.17. The number of amides is 1. The molecule has 0 aromatic heterocycles. The fourth-order valence-electron chi connectivity index (χ4n) is 2.01. The number of carbonyl (C=O) groups excluding carboxylic acids is 1. The number of nitro groups is 1. The fourth-order valence-corrected chi connectivity index (χ4v) is 2.01. The van der Waals surface area contributed by atoms with Gasteiger partial charge < -0.3 is 5.32 Å². The van der Waals surface area contributed by atoms with Crippen molar-refractivity contribution in [3.63, 3.8) is 0 Å². The summed E-state index contributed by atoms with van der Waals surface area (Å²) in [4.78, 5) is 22.2. The van der Waals surface area contributed by atoms with Crippen LogP contribution in [0.4, 0.5) is 5.69 Å². The van der Waals surface area contributed by atoms with Crippen LogP contribution in [-0.2, 0) is 11.3 Å². The van der Waals surface area contributed by atoms with Gasteiger partial charge in [-0.3, -0.25) is 14.9 Å². The third-order valence-corrected chi connectivity index (χ3v) is 3.26. The van der Waals surface area contributed by atoms with Crippen molar-refractivity contribution in [2.45, 2.75) is 13.5 Å². The maximum atomic E-state index is 11.8. The third kappa shape index (κ3) is 4.02. The number of rotatable bonds is 5. The van der Waals surface area contributed by atoms with Gasteiger partial charge in [0, 0.05) is 18.7 Å². The Morgan fingerprint density at radius 3 is 2.59 bits per heavy atom. The molecule has 2 rings (SSSR count). The third-order valence-electron chi connectivity index (χ3n) is 3.26. The van der Waals surface area contributed by atoms with E-state index in [1.807, 2.05) is 31.2 Å². The van der Waals surface area contributed by atoms with Gasteiger partial charge in [-0.1, -0.05) is 36.4 Å². The van der Waals surface area contributed by atoms with E-state index in [9.17, 15) is 14.9 Å². The monoisotopic (exact) mass is 296 g/mol. The van der Waals surface area contributed by atoms with Crippen LogP contribution in [0.1, 0.15) is 16.7 Å². The molecule has 1 amide bonds. The van der Waals surface area contributed by atoms with E-state index in [-0.39, 0.29) is 11.6 Å². The van der Waals surface area contributed by atoms with E-state index >= 15 is 0 Å². The summed E-state index contributed by atoms with van der Waals surface area (Å²) in [6.07, 6.45) is 2.76. The summed E-state index contributed by atoms with van der Waals surface area (Å²) in [5.74, 6) is -0.290. The molecular formula is C17H16N2O3. The number of nitrogens with zero attached hydrogens (tertiary/aromatic N) is 1. The summed E-state index contributed by atoms with van der Waals surface area (Å²) in [6, 6.07) is 14.1. The van der Waals surface area contributed by atoms with Crippen LogP contribution >= 0.6 is 0 Å². The molecule has 0 unspecified atom stereocenters. The largest absolute Gasteiger partial charge is 0.348 e. The van der Waals surface area contributed by atoms with Crippen LogP contribution in [0.2, 0.25) is 0 Å². The molecule has 0 atom stereocenters. The lowest BCUT2D eigenvalue weighted by Crippen LogP contribution is -2.20. The van der Waals surface area contributed by atoms with Crippen molar-refractivity contribution in [3.8, 4) is 0 Å². The lowest BCUT2D eigenvalue weighted by molar-refractivity contribution is -0.385. The van der Waals surface area contributed by atoms with Crippen LogP contribution in [0, 0.1) is 17.0 Å². The minimum absolute atomic E-state index is 0.0227. The summed E-state index contributed by atoms with van der Waals surface area (Å²) in [7, 11) is 0. The standard InChI is InChI=1S/C17H16N2O3/c1-13-6-2-3-8-15(13)12-18-17(20)11-10-14-7-4-5-9-16(14)19(21)22/h2-11H,12H2,1H3,(H,18,20)/b11-10+. The van der Waals surface area contributed by atoms with Crippen LogP contribution in [0.25, 0.3) is 6.08 Å². The molecule has 0 fully saturated rings. The van der Waals surface area contributed by atoms with E-state index < -0.39 is 4.92 Å². The molecule has 0 aliphatic heterocycles. The number of hydrogen-bond donors (Lipinski definition) is 1. The summed E-state index contributed by atoms with van der Waals surface area (Å²) in [5, 5.41) is 13.6. The molecule has 0 aliphatic rings. The van der Waals surface area contributed by atoms with Crippen molar-refractivity contribution in [1.29, 1.82) is 0 Å². The SMILES string of the molecule is Cc1ccccc1CNC(=O)/C=C/c1ccccc1[N+](=O)[O-]. The topological polar surface area (TPSA) is 72.2 Å². The lowest BCUT2D eigenvalue weighted by atomic mass is 10.1. The average molecular weight is 296 g/mol. The first kappa shape index (κ1) is 15.4. The minimum atomic E-state index is -0.467. The Bertz CT molecular complexity index is 723. The van der Waals surface area contributed by atoms with Gasteiger partial charge in [-0.25, -0.2) is 0 Å². The van der Waals surface area contributed by atoms with Crippen LogP contribution in [0.5, 0.6) is 0 Å². The fraction of sp³-hybridized carbons (Fsp3) is 0.118. The van der Waals surface area contributed by atoms with Gasteiger partial charge in [-0.15, -0.1) is 0 Å². The van der Waals surface area contributed by atoms with E-state index in [2.05, 4.69) is 5.32 Å².